The van der Waals surface area contributed by atoms with Crippen molar-refractivity contribution in [1.29, 1.82) is 0 Å². The van der Waals surface area contributed by atoms with Crippen molar-refractivity contribution < 1.29 is 14.3 Å². The largest absolute Gasteiger partial charge is 0.497 e. The first-order valence-electron chi connectivity index (χ1n) is 9.20. The van der Waals surface area contributed by atoms with E-state index in [4.69, 9.17) is 9.47 Å². The smallest absolute Gasteiger partial charge is 0.335 e. The fourth-order valence-corrected chi connectivity index (χ4v) is 2.84. The lowest BCUT2D eigenvalue weighted by molar-refractivity contribution is -0.144. The molecule has 0 amide bonds. The minimum absolute atomic E-state index is 0.315. The van der Waals surface area contributed by atoms with Gasteiger partial charge in [-0.3, -0.25) is 4.99 Å². The van der Waals surface area contributed by atoms with Gasteiger partial charge >= 0.3 is 5.97 Å². The SMILES string of the molecule is CCOC(=O)C(N=Cc1ccc(OC)cc1)c1ccc(-c2ccccc2)cc1. The maximum atomic E-state index is 12.5. The fourth-order valence-electron chi connectivity index (χ4n) is 2.84. The zero-order chi connectivity index (χ0) is 19.8. The lowest BCUT2D eigenvalue weighted by atomic mass is 10.0. The molecule has 3 aromatic rings. The summed E-state index contributed by atoms with van der Waals surface area (Å²) >= 11 is 0. The van der Waals surface area contributed by atoms with E-state index in [2.05, 4.69) is 17.1 Å². The first-order chi connectivity index (χ1) is 13.7. The highest BCUT2D eigenvalue weighted by Gasteiger charge is 2.20. The van der Waals surface area contributed by atoms with E-state index in [1.54, 1.807) is 20.2 Å². The Bertz CT molecular complexity index is 916. The molecule has 0 aromatic heterocycles. The Morgan fingerprint density at radius 1 is 0.929 bits per heavy atom. The molecule has 0 aliphatic heterocycles. The molecule has 142 valence electrons. The van der Waals surface area contributed by atoms with Crippen molar-refractivity contribution in [1.82, 2.24) is 0 Å². The van der Waals surface area contributed by atoms with E-state index in [9.17, 15) is 4.79 Å². The average Bonchev–Trinajstić information content (AvgIpc) is 2.75. The summed E-state index contributed by atoms with van der Waals surface area (Å²) in [5.74, 6) is 0.412. The van der Waals surface area contributed by atoms with Crippen LogP contribution in [0.2, 0.25) is 0 Å². The van der Waals surface area contributed by atoms with Crippen LogP contribution in [-0.2, 0) is 9.53 Å². The van der Waals surface area contributed by atoms with Gasteiger partial charge in [0, 0.05) is 6.21 Å². The van der Waals surface area contributed by atoms with E-state index in [0.717, 1.165) is 28.0 Å². The number of benzene rings is 3. The molecular formula is C24H23NO3. The summed E-state index contributed by atoms with van der Waals surface area (Å²) in [5.41, 5.74) is 3.90. The van der Waals surface area contributed by atoms with Crippen molar-refractivity contribution in [3.63, 3.8) is 0 Å². The van der Waals surface area contributed by atoms with Crippen LogP contribution in [0.15, 0.2) is 83.9 Å². The van der Waals surface area contributed by atoms with Crippen LogP contribution in [0.1, 0.15) is 24.1 Å². The third-order valence-corrected chi connectivity index (χ3v) is 4.33. The van der Waals surface area contributed by atoms with Crippen LogP contribution in [0.5, 0.6) is 5.75 Å². The van der Waals surface area contributed by atoms with Gasteiger partial charge in [0.05, 0.1) is 13.7 Å². The molecule has 0 fully saturated rings. The van der Waals surface area contributed by atoms with Gasteiger partial charge in [0.25, 0.3) is 0 Å². The lowest BCUT2D eigenvalue weighted by Crippen LogP contribution is -2.14. The Kier molecular flexibility index (Phi) is 6.58. The topological polar surface area (TPSA) is 47.9 Å². The molecule has 4 heteroatoms. The van der Waals surface area contributed by atoms with Crippen LogP contribution in [0.3, 0.4) is 0 Å². The zero-order valence-corrected chi connectivity index (χ0v) is 16.0. The second-order valence-corrected chi connectivity index (χ2v) is 6.19. The summed E-state index contributed by atoms with van der Waals surface area (Å²) in [5, 5.41) is 0. The third kappa shape index (κ3) is 4.86. The quantitative estimate of drug-likeness (QED) is 0.428. The minimum Gasteiger partial charge on any atom is -0.497 e. The van der Waals surface area contributed by atoms with Gasteiger partial charge in [-0.15, -0.1) is 0 Å². The molecule has 0 heterocycles. The van der Waals surface area contributed by atoms with Crippen molar-refractivity contribution >= 4 is 12.2 Å². The van der Waals surface area contributed by atoms with Crippen molar-refractivity contribution in [2.24, 2.45) is 4.99 Å². The molecule has 28 heavy (non-hydrogen) atoms. The second kappa shape index (κ2) is 9.51. The second-order valence-electron chi connectivity index (χ2n) is 6.19. The number of methoxy groups -OCH3 is 1. The van der Waals surface area contributed by atoms with Crippen LogP contribution >= 0.6 is 0 Å². The van der Waals surface area contributed by atoms with E-state index >= 15 is 0 Å². The van der Waals surface area contributed by atoms with Crippen LogP contribution in [0, 0.1) is 0 Å². The molecule has 0 aliphatic carbocycles. The maximum Gasteiger partial charge on any atom is 0.335 e. The van der Waals surface area contributed by atoms with E-state index in [-0.39, 0.29) is 5.97 Å². The van der Waals surface area contributed by atoms with Gasteiger partial charge in [-0.25, -0.2) is 4.79 Å². The van der Waals surface area contributed by atoms with E-state index < -0.39 is 6.04 Å². The average molecular weight is 373 g/mol. The summed E-state index contributed by atoms with van der Waals surface area (Å²) in [6.45, 7) is 2.11. The molecule has 0 aliphatic rings. The van der Waals surface area contributed by atoms with E-state index in [1.165, 1.54) is 0 Å². The van der Waals surface area contributed by atoms with Gasteiger partial charge in [0.15, 0.2) is 6.04 Å². The molecule has 4 nitrogen and oxygen atoms in total. The molecule has 1 atom stereocenters. The van der Waals surface area contributed by atoms with E-state index in [1.807, 2.05) is 66.7 Å². The molecule has 1 unspecified atom stereocenters. The molecule has 0 spiro atoms. The van der Waals surface area contributed by atoms with E-state index in [0.29, 0.717) is 6.61 Å². The Balaban J connectivity index is 1.84. The molecular weight excluding hydrogens is 350 g/mol. The van der Waals surface area contributed by atoms with Gasteiger partial charge in [0.1, 0.15) is 5.75 Å². The number of carbonyl (C=O) groups is 1. The number of aliphatic imine (C=N–C) groups is 1. The van der Waals surface area contributed by atoms with Crippen LogP contribution in [0.25, 0.3) is 11.1 Å². The number of rotatable bonds is 7. The number of nitrogens with zero attached hydrogens (tertiary/aromatic N) is 1. The molecule has 0 saturated heterocycles. The van der Waals surface area contributed by atoms with Crippen LogP contribution in [0.4, 0.5) is 0 Å². The molecule has 3 aromatic carbocycles. The molecule has 0 bridgehead atoms. The first-order valence-corrected chi connectivity index (χ1v) is 9.20. The van der Waals surface area contributed by atoms with Crippen LogP contribution in [-0.4, -0.2) is 25.9 Å². The summed E-state index contributed by atoms with van der Waals surface area (Å²) in [7, 11) is 1.62. The van der Waals surface area contributed by atoms with Crippen LogP contribution < -0.4 is 4.74 Å². The zero-order valence-electron chi connectivity index (χ0n) is 16.0. The standard InChI is InChI=1S/C24H23NO3/c1-3-28-24(26)23(25-17-18-9-15-22(27-2)16-10-18)21-13-11-20(12-14-21)19-7-5-4-6-8-19/h4-17,23H,3H2,1-2H3. The summed E-state index contributed by atoms with van der Waals surface area (Å²) in [6.07, 6.45) is 1.69. The maximum absolute atomic E-state index is 12.5. The number of carbonyl (C=O) groups excluding carboxylic acids is 1. The highest BCUT2D eigenvalue weighted by Crippen LogP contribution is 2.24. The minimum atomic E-state index is -0.702. The highest BCUT2D eigenvalue weighted by molar-refractivity contribution is 5.85. The summed E-state index contributed by atoms with van der Waals surface area (Å²) in [6, 6.07) is 24.8. The highest BCUT2D eigenvalue weighted by atomic mass is 16.5. The Hall–Kier alpha value is -3.40. The number of hydrogen-bond acceptors (Lipinski definition) is 4. The van der Waals surface area contributed by atoms with Gasteiger partial charge in [0.2, 0.25) is 0 Å². The number of ether oxygens (including phenoxy) is 2. The Labute approximate surface area is 165 Å². The van der Waals surface area contributed by atoms with Gasteiger partial charge in [-0.05, 0) is 53.4 Å². The number of esters is 1. The van der Waals surface area contributed by atoms with Gasteiger partial charge < -0.3 is 9.47 Å². The Morgan fingerprint density at radius 2 is 1.57 bits per heavy atom. The normalized spacial score (nSPS) is 11.9. The van der Waals surface area contributed by atoms with Crippen molar-refractivity contribution in [3.05, 3.63) is 90.0 Å². The molecule has 0 radical (unpaired) electrons. The monoisotopic (exact) mass is 373 g/mol. The fraction of sp³-hybridized carbons (Fsp3) is 0.167. The van der Waals surface area contributed by atoms with Crippen molar-refractivity contribution in [2.75, 3.05) is 13.7 Å². The number of hydrogen-bond donors (Lipinski definition) is 0. The Morgan fingerprint density at radius 3 is 2.18 bits per heavy atom. The third-order valence-electron chi connectivity index (χ3n) is 4.33. The van der Waals surface area contributed by atoms with Crippen molar-refractivity contribution in [3.8, 4) is 16.9 Å². The molecule has 0 saturated carbocycles. The molecule has 3 rings (SSSR count). The van der Waals surface area contributed by atoms with Gasteiger partial charge in [-0.2, -0.15) is 0 Å². The summed E-state index contributed by atoms with van der Waals surface area (Å²) in [4.78, 5) is 17.0. The first kappa shape index (κ1) is 19.4. The predicted octanol–water partition coefficient (Wildman–Crippen LogP) is 5.09. The van der Waals surface area contributed by atoms with Gasteiger partial charge in [-0.1, -0.05) is 54.6 Å². The summed E-state index contributed by atoms with van der Waals surface area (Å²) < 4.78 is 10.4. The molecule has 0 N–H and O–H groups in total. The predicted molar refractivity (Wildman–Crippen MR) is 112 cm³/mol. The lowest BCUT2D eigenvalue weighted by Gasteiger charge is -2.13. The van der Waals surface area contributed by atoms with Crippen molar-refractivity contribution in [2.45, 2.75) is 13.0 Å².